The quantitative estimate of drug-likeness (QED) is 0.136. The van der Waals surface area contributed by atoms with Crippen LogP contribution in [-0.4, -0.2) is 39.8 Å². The summed E-state index contributed by atoms with van der Waals surface area (Å²) >= 11 is 0. The molecule has 1 aliphatic heterocycles. The largest absolute Gasteiger partial charge is 0.507 e. The van der Waals surface area contributed by atoms with Crippen LogP contribution in [0.3, 0.4) is 0 Å². The van der Waals surface area contributed by atoms with Gasteiger partial charge in [0.05, 0.1) is 11.6 Å². The minimum absolute atomic E-state index is 0.0713. The lowest BCUT2D eigenvalue weighted by atomic mass is 9.94. The van der Waals surface area contributed by atoms with Crippen LogP contribution in [0.15, 0.2) is 103 Å². The van der Waals surface area contributed by atoms with Gasteiger partial charge in [-0.15, -0.1) is 0 Å². The van der Waals surface area contributed by atoms with Crippen molar-refractivity contribution in [3.63, 3.8) is 0 Å². The Bertz CT molecular complexity index is 1580. The topological polar surface area (TPSA) is 83.0 Å². The zero-order chi connectivity index (χ0) is 29.6. The van der Waals surface area contributed by atoms with Crippen LogP contribution in [0, 0.1) is 6.92 Å². The number of aromatic nitrogens is 1. The molecule has 1 atom stereocenters. The molecule has 42 heavy (non-hydrogen) atoms. The van der Waals surface area contributed by atoms with Crippen LogP contribution in [0.1, 0.15) is 47.7 Å². The summed E-state index contributed by atoms with van der Waals surface area (Å²) < 4.78 is 6.01. The zero-order valence-electron chi connectivity index (χ0n) is 24.2. The van der Waals surface area contributed by atoms with E-state index in [2.05, 4.69) is 23.7 Å². The number of rotatable bonds is 10. The number of likely N-dealkylation sites (tertiary alicyclic amines) is 1. The molecule has 214 valence electrons. The highest BCUT2D eigenvalue weighted by Gasteiger charge is 2.46. The number of aliphatic hydroxyl groups is 1. The lowest BCUT2D eigenvalue weighted by molar-refractivity contribution is -0.140. The summed E-state index contributed by atoms with van der Waals surface area (Å²) in [5.74, 6) is -0.884. The molecule has 4 aromatic rings. The van der Waals surface area contributed by atoms with Crippen LogP contribution in [0.5, 0.6) is 5.75 Å². The molecular formula is C35H35N3O4. The number of anilines is 1. The molecule has 0 bridgehead atoms. The van der Waals surface area contributed by atoms with Crippen molar-refractivity contribution in [2.45, 2.75) is 40.0 Å². The van der Waals surface area contributed by atoms with Crippen molar-refractivity contribution in [3.8, 4) is 5.75 Å². The molecular weight excluding hydrogens is 526 g/mol. The van der Waals surface area contributed by atoms with Gasteiger partial charge in [0.25, 0.3) is 11.7 Å². The number of ether oxygens (including phenoxy) is 1. The van der Waals surface area contributed by atoms with Gasteiger partial charge in [0.15, 0.2) is 0 Å². The van der Waals surface area contributed by atoms with E-state index < -0.39 is 17.7 Å². The first kappa shape index (κ1) is 28.6. The van der Waals surface area contributed by atoms with E-state index in [0.29, 0.717) is 17.9 Å². The first-order chi connectivity index (χ1) is 20.4. The van der Waals surface area contributed by atoms with E-state index in [4.69, 9.17) is 4.74 Å². The minimum Gasteiger partial charge on any atom is -0.507 e. The van der Waals surface area contributed by atoms with Gasteiger partial charge in [-0.3, -0.25) is 14.6 Å². The van der Waals surface area contributed by atoms with Crippen LogP contribution in [0.2, 0.25) is 0 Å². The number of Topliss-reactive ketones (excluding diaryl/α,β-unsaturated/α-hetero) is 1. The molecule has 2 heterocycles. The molecule has 7 heteroatoms. The molecule has 3 aromatic carbocycles. The summed E-state index contributed by atoms with van der Waals surface area (Å²) in [6.45, 7) is 8.43. The van der Waals surface area contributed by atoms with Gasteiger partial charge in [0.1, 0.15) is 18.1 Å². The number of ketones is 1. The average Bonchev–Trinajstić information content (AvgIpc) is 3.27. The van der Waals surface area contributed by atoms with Gasteiger partial charge in [0, 0.05) is 43.3 Å². The summed E-state index contributed by atoms with van der Waals surface area (Å²) in [6, 6.07) is 25.9. The fraction of sp³-hybridized carbons (Fsp3) is 0.229. The summed E-state index contributed by atoms with van der Waals surface area (Å²) in [5, 5.41) is 11.6. The summed E-state index contributed by atoms with van der Waals surface area (Å²) in [5.41, 5.74) is 5.02. The highest BCUT2D eigenvalue weighted by atomic mass is 16.5. The second-order valence-electron chi connectivity index (χ2n) is 10.3. The van der Waals surface area contributed by atoms with Crippen molar-refractivity contribution < 1.29 is 19.4 Å². The molecule has 1 aromatic heterocycles. The second-order valence-corrected chi connectivity index (χ2v) is 10.3. The second kappa shape index (κ2) is 12.7. The smallest absolute Gasteiger partial charge is 0.295 e. The third kappa shape index (κ3) is 5.91. The Labute approximate surface area is 246 Å². The normalized spacial score (nSPS) is 16.1. The molecule has 7 nitrogen and oxygen atoms in total. The highest BCUT2D eigenvalue weighted by molar-refractivity contribution is 6.46. The number of hydrogen-bond donors (Lipinski definition) is 1. The van der Waals surface area contributed by atoms with E-state index in [1.807, 2.05) is 73.7 Å². The number of benzene rings is 3. The Morgan fingerprint density at radius 3 is 2.24 bits per heavy atom. The average molecular weight is 562 g/mol. The number of hydrogen-bond acceptors (Lipinski definition) is 6. The van der Waals surface area contributed by atoms with E-state index in [0.717, 1.165) is 41.0 Å². The maximum absolute atomic E-state index is 13.5. The monoisotopic (exact) mass is 561 g/mol. The van der Waals surface area contributed by atoms with Gasteiger partial charge in [-0.05, 0) is 85.5 Å². The van der Waals surface area contributed by atoms with Crippen LogP contribution in [0.25, 0.3) is 5.76 Å². The fourth-order valence-electron chi connectivity index (χ4n) is 5.38. The van der Waals surface area contributed by atoms with Gasteiger partial charge >= 0.3 is 0 Å². The molecule has 1 fully saturated rings. The van der Waals surface area contributed by atoms with Gasteiger partial charge in [-0.25, -0.2) is 0 Å². The predicted molar refractivity (Wildman–Crippen MR) is 164 cm³/mol. The molecule has 0 aliphatic carbocycles. The summed E-state index contributed by atoms with van der Waals surface area (Å²) in [4.78, 5) is 34.8. The van der Waals surface area contributed by atoms with Crippen molar-refractivity contribution in [1.82, 2.24) is 9.88 Å². The van der Waals surface area contributed by atoms with Crippen molar-refractivity contribution in [2.75, 3.05) is 18.0 Å². The van der Waals surface area contributed by atoms with Crippen LogP contribution >= 0.6 is 0 Å². The number of nitrogens with zero attached hydrogens (tertiary/aromatic N) is 3. The van der Waals surface area contributed by atoms with Gasteiger partial charge in [-0.2, -0.15) is 0 Å². The summed E-state index contributed by atoms with van der Waals surface area (Å²) in [6.07, 6.45) is 3.31. The number of aryl methyl sites for hydroxylation is 1. The van der Waals surface area contributed by atoms with Gasteiger partial charge in [-0.1, -0.05) is 42.5 Å². The Balaban J connectivity index is 1.52. The van der Waals surface area contributed by atoms with Crippen molar-refractivity contribution in [1.29, 1.82) is 0 Å². The first-order valence-corrected chi connectivity index (χ1v) is 14.2. The van der Waals surface area contributed by atoms with Gasteiger partial charge in [0.2, 0.25) is 0 Å². The number of amides is 1. The Morgan fingerprint density at radius 2 is 1.60 bits per heavy atom. The van der Waals surface area contributed by atoms with Crippen molar-refractivity contribution in [2.24, 2.45) is 0 Å². The van der Waals surface area contributed by atoms with Crippen LogP contribution in [0.4, 0.5) is 5.69 Å². The molecule has 1 unspecified atom stereocenters. The number of carbonyl (C=O) groups excluding carboxylic acids is 2. The standard InChI is InChI=1S/C35H35N3O4/c1-4-37(5-2)29-14-11-27(12-15-29)32-31(34(40)35(41)38(32)22-25-17-19-36-20-18-25)33(39)28-13-16-30(24(3)21-28)42-23-26-9-7-6-8-10-26/h6-21,32,39H,4-5,22-23H2,1-3H3/b33-31-. The molecule has 5 rings (SSSR count). The Kier molecular flexibility index (Phi) is 8.67. The van der Waals surface area contributed by atoms with Gasteiger partial charge < -0.3 is 19.6 Å². The molecule has 1 saturated heterocycles. The third-order valence-corrected chi connectivity index (χ3v) is 7.67. The van der Waals surface area contributed by atoms with E-state index in [1.54, 1.807) is 30.6 Å². The van der Waals surface area contributed by atoms with Crippen molar-refractivity contribution in [3.05, 3.63) is 131 Å². The number of carbonyl (C=O) groups is 2. The molecule has 1 aliphatic rings. The van der Waals surface area contributed by atoms with Crippen LogP contribution in [-0.2, 0) is 22.7 Å². The van der Waals surface area contributed by atoms with Crippen molar-refractivity contribution >= 4 is 23.1 Å². The Hall–Kier alpha value is -4.91. The molecule has 0 radical (unpaired) electrons. The van der Waals surface area contributed by atoms with E-state index in [-0.39, 0.29) is 17.9 Å². The molecule has 0 saturated carbocycles. The lowest BCUT2D eigenvalue weighted by Crippen LogP contribution is -2.29. The zero-order valence-corrected chi connectivity index (χ0v) is 24.2. The number of aliphatic hydroxyl groups excluding tert-OH is 1. The SMILES string of the molecule is CCN(CC)c1ccc(C2/C(=C(/O)c3ccc(OCc4ccccc4)c(C)c3)C(=O)C(=O)N2Cc2ccncc2)cc1. The highest BCUT2D eigenvalue weighted by Crippen LogP contribution is 2.41. The molecule has 1 N–H and O–H groups in total. The maximum atomic E-state index is 13.5. The lowest BCUT2D eigenvalue weighted by Gasteiger charge is -2.27. The van der Waals surface area contributed by atoms with E-state index >= 15 is 0 Å². The number of pyridine rings is 1. The molecule has 0 spiro atoms. The third-order valence-electron chi connectivity index (χ3n) is 7.67. The fourth-order valence-corrected chi connectivity index (χ4v) is 5.38. The Morgan fingerprint density at radius 1 is 0.905 bits per heavy atom. The van der Waals surface area contributed by atoms with E-state index in [1.165, 1.54) is 4.90 Å². The molecule has 1 amide bonds. The maximum Gasteiger partial charge on any atom is 0.295 e. The summed E-state index contributed by atoms with van der Waals surface area (Å²) in [7, 11) is 0. The predicted octanol–water partition coefficient (Wildman–Crippen LogP) is 6.44. The van der Waals surface area contributed by atoms with E-state index in [9.17, 15) is 14.7 Å². The minimum atomic E-state index is -0.752. The van der Waals surface area contributed by atoms with Crippen LogP contribution < -0.4 is 9.64 Å². The first-order valence-electron chi connectivity index (χ1n) is 14.2.